The number of ether oxygens (including phenoxy) is 1. The highest BCUT2D eigenvalue weighted by atomic mass is 16.5. The maximum Gasteiger partial charge on any atom is 0.326 e. The molecule has 1 rings (SSSR count). The molecule has 108 valence electrons. The molecule has 0 bridgehead atoms. The summed E-state index contributed by atoms with van der Waals surface area (Å²) in [5, 5.41) is 13.7. The van der Waals surface area contributed by atoms with E-state index in [0.29, 0.717) is 12.5 Å². The van der Waals surface area contributed by atoms with Crippen molar-refractivity contribution in [3.63, 3.8) is 0 Å². The van der Waals surface area contributed by atoms with Crippen molar-refractivity contribution >= 4 is 18.0 Å². The normalized spacial score (nSPS) is 16.1. The average Bonchev–Trinajstić information content (AvgIpc) is 2.31. The Balaban J connectivity index is 2.25. The van der Waals surface area contributed by atoms with Crippen molar-refractivity contribution in [3.05, 3.63) is 0 Å². The van der Waals surface area contributed by atoms with E-state index in [0.717, 1.165) is 6.42 Å². The Morgan fingerprint density at radius 3 is 2.53 bits per heavy atom. The third-order valence-corrected chi connectivity index (χ3v) is 3.26. The summed E-state index contributed by atoms with van der Waals surface area (Å²) in [4.78, 5) is 33.4. The molecule has 3 N–H and O–H groups in total. The number of carbonyl (C=O) groups excluding carboxylic acids is 2. The average molecular weight is 272 g/mol. The minimum atomic E-state index is -1.27. The number of nitrogens with one attached hydrogen (secondary N) is 2. The molecule has 0 aromatic carbocycles. The zero-order valence-electron chi connectivity index (χ0n) is 11.0. The first-order valence-electron chi connectivity index (χ1n) is 6.37. The summed E-state index contributed by atoms with van der Waals surface area (Å²) in [6.07, 6.45) is 4.16. The fourth-order valence-corrected chi connectivity index (χ4v) is 1.83. The highest BCUT2D eigenvalue weighted by molar-refractivity contribution is 5.86. The quantitative estimate of drug-likeness (QED) is 0.585. The number of carboxylic acid groups (broad SMARTS) is 1. The van der Waals surface area contributed by atoms with Crippen molar-refractivity contribution in [2.45, 2.75) is 38.1 Å². The van der Waals surface area contributed by atoms with E-state index in [2.05, 4.69) is 15.4 Å². The van der Waals surface area contributed by atoms with E-state index >= 15 is 0 Å². The smallest absolute Gasteiger partial charge is 0.326 e. The molecule has 0 heterocycles. The summed E-state index contributed by atoms with van der Waals surface area (Å²) in [5.74, 6) is -1.27. The SMILES string of the molecule is COC(=O)C[C@H](NC(=O)NCCC1CCC1)C(=O)O. The van der Waals surface area contributed by atoms with Crippen LogP contribution in [0.3, 0.4) is 0 Å². The number of carboxylic acids is 1. The molecule has 1 saturated carbocycles. The Kier molecular flexibility index (Phi) is 6.11. The number of hydrogen-bond donors (Lipinski definition) is 3. The standard InChI is InChI=1S/C12H20N2O5/c1-19-10(15)7-9(11(16)17)14-12(18)13-6-5-8-3-2-4-8/h8-9H,2-7H2,1H3,(H,16,17)(H2,13,14,18)/t9-/m0/s1. The Morgan fingerprint density at radius 2 is 2.05 bits per heavy atom. The minimum Gasteiger partial charge on any atom is -0.480 e. The first kappa shape index (κ1) is 15.3. The topological polar surface area (TPSA) is 105 Å². The monoisotopic (exact) mass is 272 g/mol. The molecule has 19 heavy (non-hydrogen) atoms. The summed E-state index contributed by atoms with van der Waals surface area (Å²) >= 11 is 0. The number of rotatable bonds is 7. The molecule has 0 saturated heterocycles. The van der Waals surface area contributed by atoms with E-state index in [9.17, 15) is 14.4 Å². The van der Waals surface area contributed by atoms with E-state index in [4.69, 9.17) is 5.11 Å². The van der Waals surface area contributed by atoms with Gasteiger partial charge in [-0.15, -0.1) is 0 Å². The lowest BCUT2D eigenvalue weighted by molar-refractivity contribution is -0.147. The van der Waals surface area contributed by atoms with Gasteiger partial charge in [-0.05, 0) is 12.3 Å². The van der Waals surface area contributed by atoms with Crippen molar-refractivity contribution in [2.24, 2.45) is 5.92 Å². The van der Waals surface area contributed by atoms with Crippen molar-refractivity contribution in [2.75, 3.05) is 13.7 Å². The number of hydrogen-bond acceptors (Lipinski definition) is 4. The number of carbonyl (C=O) groups is 3. The Bertz CT molecular complexity index is 341. The van der Waals surface area contributed by atoms with Gasteiger partial charge < -0.3 is 20.5 Å². The second-order valence-electron chi connectivity index (χ2n) is 4.66. The predicted octanol–water partition coefficient (Wildman–Crippen LogP) is 0.492. The van der Waals surface area contributed by atoms with Gasteiger partial charge in [-0.2, -0.15) is 0 Å². The molecule has 0 spiro atoms. The van der Waals surface area contributed by atoms with Crippen molar-refractivity contribution in [3.8, 4) is 0 Å². The molecule has 7 heteroatoms. The van der Waals surface area contributed by atoms with Crippen molar-refractivity contribution in [1.29, 1.82) is 0 Å². The largest absolute Gasteiger partial charge is 0.480 e. The predicted molar refractivity (Wildman–Crippen MR) is 66.5 cm³/mol. The van der Waals surface area contributed by atoms with Gasteiger partial charge in [0.1, 0.15) is 6.04 Å². The zero-order valence-corrected chi connectivity index (χ0v) is 11.0. The van der Waals surface area contributed by atoms with Crippen LogP contribution in [0, 0.1) is 5.92 Å². The molecule has 0 aliphatic heterocycles. The van der Waals surface area contributed by atoms with Crippen LogP contribution in [0.4, 0.5) is 4.79 Å². The number of methoxy groups -OCH3 is 1. The number of amides is 2. The van der Waals surface area contributed by atoms with Crippen LogP contribution < -0.4 is 10.6 Å². The van der Waals surface area contributed by atoms with Gasteiger partial charge in [0.25, 0.3) is 0 Å². The van der Waals surface area contributed by atoms with E-state index in [-0.39, 0.29) is 6.42 Å². The molecule has 0 aromatic rings. The molecule has 1 aliphatic carbocycles. The van der Waals surface area contributed by atoms with E-state index in [1.807, 2.05) is 0 Å². The van der Waals surface area contributed by atoms with Crippen molar-refractivity contribution in [1.82, 2.24) is 10.6 Å². The van der Waals surface area contributed by atoms with Crippen LogP contribution in [0.2, 0.25) is 0 Å². The van der Waals surface area contributed by atoms with Gasteiger partial charge in [0.2, 0.25) is 0 Å². The maximum absolute atomic E-state index is 11.5. The molecule has 2 amide bonds. The second-order valence-corrected chi connectivity index (χ2v) is 4.66. The highest BCUT2D eigenvalue weighted by Gasteiger charge is 2.24. The maximum atomic E-state index is 11.5. The second kappa shape index (κ2) is 7.60. The molecular weight excluding hydrogens is 252 g/mol. The Hall–Kier alpha value is -1.79. The lowest BCUT2D eigenvalue weighted by atomic mass is 9.83. The molecule has 1 atom stereocenters. The van der Waals surface area contributed by atoms with Gasteiger partial charge >= 0.3 is 18.0 Å². The number of esters is 1. The first-order chi connectivity index (χ1) is 9.02. The van der Waals surface area contributed by atoms with Crippen LogP contribution in [-0.2, 0) is 14.3 Å². The molecule has 0 unspecified atom stereocenters. The minimum absolute atomic E-state index is 0.387. The third-order valence-electron chi connectivity index (χ3n) is 3.26. The molecule has 0 aromatic heterocycles. The van der Waals surface area contributed by atoms with Crippen LogP contribution in [-0.4, -0.2) is 42.8 Å². The molecule has 7 nitrogen and oxygen atoms in total. The van der Waals surface area contributed by atoms with Crippen LogP contribution in [0.5, 0.6) is 0 Å². The fourth-order valence-electron chi connectivity index (χ4n) is 1.83. The van der Waals surface area contributed by atoms with E-state index in [1.54, 1.807) is 0 Å². The van der Waals surface area contributed by atoms with Crippen LogP contribution in [0.1, 0.15) is 32.1 Å². The number of urea groups is 1. The van der Waals surface area contributed by atoms with E-state index < -0.39 is 24.0 Å². The fraction of sp³-hybridized carbons (Fsp3) is 0.750. The molecule has 0 radical (unpaired) electrons. The van der Waals surface area contributed by atoms with Gasteiger partial charge in [-0.25, -0.2) is 9.59 Å². The lowest BCUT2D eigenvalue weighted by Crippen LogP contribution is -2.47. The van der Waals surface area contributed by atoms with Gasteiger partial charge in [-0.1, -0.05) is 19.3 Å². The van der Waals surface area contributed by atoms with Crippen molar-refractivity contribution < 1.29 is 24.2 Å². The number of aliphatic carboxylic acids is 1. The van der Waals surface area contributed by atoms with Gasteiger partial charge in [0, 0.05) is 6.54 Å². The van der Waals surface area contributed by atoms with Crippen LogP contribution in [0.25, 0.3) is 0 Å². The van der Waals surface area contributed by atoms with Gasteiger partial charge in [0.15, 0.2) is 0 Å². The van der Waals surface area contributed by atoms with Gasteiger partial charge in [-0.3, -0.25) is 4.79 Å². The highest BCUT2D eigenvalue weighted by Crippen LogP contribution is 2.28. The van der Waals surface area contributed by atoms with E-state index in [1.165, 1.54) is 26.4 Å². The summed E-state index contributed by atoms with van der Waals surface area (Å²) < 4.78 is 4.37. The summed E-state index contributed by atoms with van der Waals surface area (Å²) in [6, 6.07) is -1.84. The lowest BCUT2D eigenvalue weighted by Gasteiger charge is -2.25. The molecule has 1 fully saturated rings. The Labute approximate surface area is 111 Å². The zero-order chi connectivity index (χ0) is 14.3. The summed E-state index contributed by atoms with van der Waals surface area (Å²) in [5.41, 5.74) is 0. The Morgan fingerprint density at radius 1 is 1.37 bits per heavy atom. The summed E-state index contributed by atoms with van der Waals surface area (Å²) in [6.45, 7) is 0.515. The molecule has 1 aliphatic rings. The molecular formula is C12H20N2O5. The van der Waals surface area contributed by atoms with Crippen LogP contribution in [0.15, 0.2) is 0 Å². The first-order valence-corrected chi connectivity index (χ1v) is 6.37. The third kappa shape index (κ3) is 5.58. The van der Waals surface area contributed by atoms with Crippen LogP contribution >= 0.6 is 0 Å². The summed E-state index contributed by atoms with van der Waals surface area (Å²) in [7, 11) is 1.17. The van der Waals surface area contributed by atoms with Gasteiger partial charge in [0.05, 0.1) is 13.5 Å².